The highest BCUT2D eigenvalue weighted by atomic mass is 19.4. The van der Waals surface area contributed by atoms with Gasteiger partial charge in [0.1, 0.15) is 12.4 Å². The maximum absolute atomic E-state index is 13.5. The summed E-state index contributed by atoms with van der Waals surface area (Å²) in [7, 11) is 0. The van der Waals surface area contributed by atoms with Crippen LogP contribution in [0.25, 0.3) is 0 Å². The van der Waals surface area contributed by atoms with Gasteiger partial charge in [0.2, 0.25) is 0 Å². The van der Waals surface area contributed by atoms with Gasteiger partial charge < -0.3 is 15.2 Å². The lowest BCUT2D eigenvalue weighted by molar-refractivity contribution is -0.148. The second-order valence-electron chi connectivity index (χ2n) is 12.1. The van der Waals surface area contributed by atoms with Gasteiger partial charge in [-0.3, -0.25) is 9.69 Å². The van der Waals surface area contributed by atoms with Crippen molar-refractivity contribution in [3.63, 3.8) is 0 Å². The quantitative estimate of drug-likeness (QED) is 0.332. The van der Waals surface area contributed by atoms with Crippen LogP contribution >= 0.6 is 0 Å². The molecule has 1 aliphatic carbocycles. The minimum Gasteiger partial charge on any atom is -0.489 e. The Morgan fingerprint density at radius 2 is 1.68 bits per heavy atom. The first-order chi connectivity index (χ1) is 19.1. The lowest BCUT2D eigenvalue weighted by Gasteiger charge is -2.39. The predicted molar refractivity (Wildman–Crippen MR) is 141 cm³/mol. The molecule has 0 bridgehead atoms. The summed E-state index contributed by atoms with van der Waals surface area (Å²) in [6, 6.07) is 7.35. The Morgan fingerprint density at radius 1 is 1.00 bits per heavy atom. The Morgan fingerprint density at radius 3 is 2.27 bits per heavy atom. The van der Waals surface area contributed by atoms with E-state index in [-0.39, 0.29) is 30.0 Å². The first kappa shape index (κ1) is 29.5. The molecule has 0 unspecified atom stereocenters. The van der Waals surface area contributed by atoms with E-state index in [1.54, 1.807) is 18.7 Å². The van der Waals surface area contributed by atoms with Gasteiger partial charge in [-0.2, -0.15) is 26.3 Å². The standard InChI is InChI=1S/C30H34F6N2O3/c1-28(2,27(39)40)26(18-3-4-18)19-5-8-25-23(14-19)37-24(16-41-25)17-9-11-38(12-10-17)15-20-13-21(29(31,32)33)6-7-22(20)30(34,35)36/h5-8,13-14,17-18,24,26,37H,3-4,9-12,15-16H2,1-2H3,(H,39,40)/t24-,26+/m0/s1. The molecule has 2 fully saturated rings. The number of likely N-dealkylation sites (tertiary alicyclic amines) is 1. The summed E-state index contributed by atoms with van der Waals surface area (Å²) in [6.45, 7) is 4.61. The van der Waals surface area contributed by atoms with Crippen LogP contribution in [-0.2, 0) is 23.7 Å². The molecule has 0 radical (unpaired) electrons. The third-order valence-electron chi connectivity index (χ3n) is 8.88. The van der Waals surface area contributed by atoms with Crippen molar-refractivity contribution in [1.82, 2.24) is 4.90 Å². The Labute approximate surface area is 234 Å². The van der Waals surface area contributed by atoms with E-state index in [1.807, 2.05) is 18.2 Å². The summed E-state index contributed by atoms with van der Waals surface area (Å²) in [5, 5.41) is 13.4. The number of fused-ring (bicyclic) bond motifs is 1. The van der Waals surface area contributed by atoms with Gasteiger partial charge in [-0.15, -0.1) is 0 Å². The lowest BCUT2D eigenvalue weighted by atomic mass is 9.72. The molecule has 41 heavy (non-hydrogen) atoms. The van der Waals surface area contributed by atoms with Crippen LogP contribution in [0.4, 0.5) is 32.0 Å². The van der Waals surface area contributed by atoms with Gasteiger partial charge >= 0.3 is 18.3 Å². The Kier molecular flexibility index (Phi) is 7.72. The summed E-state index contributed by atoms with van der Waals surface area (Å²) >= 11 is 0. The van der Waals surface area contributed by atoms with Crippen molar-refractivity contribution in [1.29, 1.82) is 0 Å². The molecular formula is C30H34F6N2O3. The molecule has 1 saturated heterocycles. The van der Waals surface area contributed by atoms with E-state index >= 15 is 0 Å². The molecule has 5 rings (SSSR count). The topological polar surface area (TPSA) is 61.8 Å². The number of benzene rings is 2. The molecule has 2 aromatic rings. The molecule has 2 aliphatic heterocycles. The maximum atomic E-state index is 13.5. The van der Waals surface area contributed by atoms with Crippen molar-refractivity contribution in [2.24, 2.45) is 17.3 Å². The Balaban J connectivity index is 1.26. The number of rotatable bonds is 7. The van der Waals surface area contributed by atoms with Gasteiger partial charge in [0.25, 0.3) is 0 Å². The number of carboxylic acid groups (broad SMARTS) is 1. The van der Waals surface area contributed by atoms with Crippen LogP contribution in [0, 0.1) is 17.3 Å². The second-order valence-corrected chi connectivity index (χ2v) is 12.1. The molecule has 0 spiro atoms. The number of nitrogens with one attached hydrogen (secondary N) is 1. The molecule has 3 aliphatic rings. The molecule has 1 saturated carbocycles. The smallest absolute Gasteiger partial charge is 0.416 e. The minimum absolute atomic E-state index is 0.0500. The highest BCUT2D eigenvalue weighted by Gasteiger charge is 2.47. The van der Waals surface area contributed by atoms with Crippen LogP contribution in [0.15, 0.2) is 36.4 Å². The SMILES string of the molecule is CC(C)(C(=O)O)[C@@H](c1ccc2c(c1)N[C@H](C1CCN(Cc3cc(C(F)(F)F)ccc3C(F)(F)F)CC1)CO2)C1CC1. The lowest BCUT2D eigenvalue weighted by Crippen LogP contribution is -2.44. The molecule has 0 amide bonds. The first-order valence-corrected chi connectivity index (χ1v) is 13.9. The van der Waals surface area contributed by atoms with Crippen molar-refractivity contribution in [3.8, 4) is 5.75 Å². The van der Waals surface area contributed by atoms with Crippen LogP contribution < -0.4 is 10.1 Å². The van der Waals surface area contributed by atoms with E-state index in [2.05, 4.69) is 5.32 Å². The molecular weight excluding hydrogens is 550 g/mol. The summed E-state index contributed by atoms with van der Waals surface area (Å²) < 4.78 is 86.2. The largest absolute Gasteiger partial charge is 0.489 e. The van der Waals surface area contributed by atoms with Gasteiger partial charge in [0.05, 0.1) is 28.3 Å². The van der Waals surface area contributed by atoms with Crippen LogP contribution in [-0.4, -0.2) is 41.7 Å². The Hall–Kier alpha value is -2.95. The number of ether oxygens (including phenoxy) is 1. The summed E-state index contributed by atoms with van der Waals surface area (Å²) in [5.41, 5.74) is -1.69. The van der Waals surface area contributed by atoms with Gasteiger partial charge in [0, 0.05) is 12.5 Å². The third kappa shape index (κ3) is 6.29. The van der Waals surface area contributed by atoms with Gasteiger partial charge in [-0.25, -0.2) is 0 Å². The zero-order valence-electron chi connectivity index (χ0n) is 22.9. The molecule has 2 atom stereocenters. The van der Waals surface area contributed by atoms with Crippen LogP contribution in [0.1, 0.15) is 67.7 Å². The van der Waals surface area contributed by atoms with Crippen molar-refractivity contribution in [2.75, 3.05) is 25.0 Å². The zero-order valence-corrected chi connectivity index (χ0v) is 22.9. The molecule has 0 aromatic heterocycles. The fourth-order valence-corrected chi connectivity index (χ4v) is 6.43. The number of hydrogen-bond donors (Lipinski definition) is 2. The molecule has 2 heterocycles. The zero-order chi connectivity index (χ0) is 29.7. The second kappa shape index (κ2) is 10.7. The number of carboxylic acids is 1. The van der Waals surface area contributed by atoms with E-state index in [0.717, 1.165) is 24.1 Å². The normalized spacial score (nSPS) is 21.5. The van der Waals surface area contributed by atoms with E-state index in [4.69, 9.17) is 4.74 Å². The van der Waals surface area contributed by atoms with Gasteiger partial charge in [0.15, 0.2) is 0 Å². The molecule has 224 valence electrons. The number of nitrogens with zero attached hydrogens (tertiary/aromatic N) is 1. The highest BCUT2D eigenvalue weighted by Crippen LogP contribution is 2.53. The van der Waals surface area contributed by atoms with Crippen LogP contribution in [0.2, 0.25) is 0 Å². The van der Waals surface area contributed by atoms with Crippen LogP contribution in [0.5, 0.6) is 5.75 Å². The van der Waals surface area contributed by atoms with E-state index < -0.39 is 34.9 Å². The summed E-state index contributed by atoms with van der Waals surface area (Å²) in [5.74, 6) is 0.191. The van der Waals surface area contributed by atoms with Crippen molar-refractivity contribution in [3.05, 3.63) is 58.7 Å². The van der Waals surface area contributed by atoms with Crippen LogP contribution in [0.3, 0.4) is 0 Å². The number of alkyl halides is 6. The fourth-order valence-electron chi connectivity index (χ4n) is 6.43. The monoisotopic (exact) mass is 584 g/mol. The number of halogens is 6. The van der Waals surface area contributed by atoms with Gasteiger partial charge in [-0.1, -0.05) is 6.07 Å². The number of hydrogen-bond acceptors (Lipinski definition) is 4. The fraction of sp³-hybridized carbons (Fsp3) is 0.567. The van der Waals surface area contributed by atoms with Gasteiger partial charge in [-0.05, 0) is 106 Å². The van der Waals surface area contributed by atoms with E-state index in [1.165, 1.54) is 0 Å². The minimum atomic E-state index is -4.74. The summed E-state index contributed by atoms with van der Waals surface area (Å²) in [4.78, 5) is 13.8. The third-order valence-corrected chi connectivity index (χ3v) is 8.88. The average molecular weight is 585 g/mol. The maximum Gasteiger partial charge on any atom is 0.416 e. The first-order valence-electron chi connectivity index (χ1n) is 13.9. The number of carbonyl (C=O) groups is 1. The van der Waals surface area contributed by atoms with Crippen molar-refractivity contribution in [2.45, 2.75) is 70.4 Å². The Bertz CT molecular complexity index is 1280. The highest BCUT2D eigenvalue weighted by molar-refractivity contribution is 5.75. The number of piperidine rings is 1. The summed E-state index contributed by atoms with van der Waals surface area (Å²) in [6.07, 6.45) is -6.19. The molecule has 2 aromatic carbocycles. The van der Waals surface area contributed by atoms with E-state index in [9.17, 15) is 36.2 Å². The number of aliphatic carboxylic acids is 1. The van der Waals surface area contributed by atoms with E-state index in [0.29, 0.717) is 62.4 Å². The van der Waals surface area contributed by atoms with Crippen molar-refractivity contribution < 1.29 is 41.0 Å². The number of anilines is 1. The molecule has 5 nitrogen and oxygen atoms in total. The van der Waals surface area contributed by atoms with Crippen molar-refractivity contribution >= 4 is 11.7 Å². The average Bonchev–Trinajstić information content (AvgIpc) is 3.72. The molecule has 2 N–H and O–H groups in total. The predicted octanol–water partition coefficient (Wildman–Crippen LogP) is 7.41. The molecule has 11 heteroatoms.